The van der Waals surface area contributed by atoms with Crippen LogP contribution in [0.5, 0.6) is 0 Å². The van der Waals surface area contributed by atoms with Gasteiger partial charge in [0.1, 0.15) is 17.8 Å². The number of fused-ring (bicyclic) bond motifs is 1. The molecule has 186 valence electrons. The van der Waals surface area contributed by atoms with Crippen molar-refractivity contribution in [1.82, 2.24) is 20.9 Å². The Labute approximate surface area is 201 Å². The summed E-state index contributed by atoms with van der Waals surface area (Å²) in [5.74, 6) is -4.42. The molecule has 0 spiro atoms. The summed E-state index contributed by atoms with van der Waals surface area (Å²) in [6.07, 6.45) is 0.956. The molecule has 2 aromatic rings. The summed E-state index contributed by atoms with van der Waals surface area (Å²) in [5, 5.41) is 18.5. The Balaban J connectivity index is 1.46. The number of rotatable bonds is 8. The number of nitrogens with one attached hydrogen (secondary N) is 4. The number of alkyl halides is 2. The Morgan fingerprint density at radius 2 is 1.89 bits per heavy atom. The summed E-state index contributed by atoms with van der Waals surface area (Å²) in [4.78, 5) is 41.1. The van der Waals surface area contributed by atoms with Crippen LogP contribution in [-0.2, 0) is 9.59 Å². The molecule has 3 amide bonds. The van der Waals surface area contributed by atoms with E-state index < -0.39 is 29.8 Å². The molecule has 1 saturated heterocycles. The first-order chi connectivity index (χ1) is 16.7. The van der Waals surface area contributed by atoms with E-state index in [1.807, 2.05) is 30.3 Å². The minimum Gasteiger partial charge on any atom is -0.356 e. The average molecular weight is 486 g/mol. The Bertz CT molecular complexity index is 1100. The van der Waals surface area contributed by atoms with Crippen molar-refractivity contribution in [3.63, 3.8) is 0 Å². The van der Waals surface area contributed by atoms with Gasteiger partial charge in [0, 0.05) is 36.2 Å². The quantitative estimate of drug-likeness (QED) is 0.458. The highest BCUT2D eigenvalue weighted by molar-refractivity contribution is 6.00. The van der Waals surface area contributed by atoms with Crippen molar-refractivity contribution < 1.29 is 23.2 Å². The number of hydrogen-bond donors (Lipinski definition) is 4. The third-order valence-electron chi connectivity index (χ3n) is 6.96. The van der Waals surface area contributed by atoms with Crippen molar-refractivity contribution in [2.75, 3.05) is 6.54 Å². The average Bonchev–Trinajstić information content (AvgIpc) is 3.45. The van der Waals surface area contributed by atoms with E-state index in [1.54, 1.807) is 6.07 Å². The van der Waals surface area contributed by atoms with Crippen molar-refractivity contribution >= 4 is 28.6 Å². The number of aromatic amines is 1. The summed E-state index contributed by atoms with van der Waals surface area (Å²) in [5.41, 5.74) is 1.05. The second-order valence-electron chi connectivity index (χ2n) is 9.53. The maximum atomic E-state index is 13.6. The van der Waals surface area contributed by atoms with Crippen LogP contribution in [0.25, 0.3) is 10.9 Å². The summed E-state index contributed by atoms with van der Waals surface area (Å²) >= 11 is 0. The summed E-state index contributed by atoms with van der Waals surface area (Å²) in [6.45, 7) is 0.533. The molecule has 0 bridgehead atoms. The Hall–Kier alpha value is -3.48. The number of nitriles is 1. The number of benzene rings is 1. The summed E-state index contributed by atoms with van der Waals surface area (Å²) in [7, 11) is 0. The van der Waals surface area contributed by atoms with Gasteiger partial charge in [-0.05, 0) is 50.2 Å². The zero-order valence-electron chi connectivity index (χ0n) is 19.3. The van der Waals surface area contributed by atoms with Crippen LogP contribution in [0.15, 0.2) is 30.3 Å². The molecule has 0 radical (unpaired) electrons. The predicted octanol–water partition coefficient (Wildman–Crippen LogP) is 3.02. The largest absolute Gasteiger partial charge is 0.356 e. The van der Waals surface area contributed by atoms with Crippen LogP contribution in [0.1, 0.15) is 55.4 Å². The van der Waals surface area contributed by atoms with Gasteiger partial charge in [-0.1, -0.05) is 18.2 Å². The van der Waals surface area contributed by atoms with Crippen molar-refractivity contribution in [2.45, 2.75) is 63.0 Å². The topological polar surface area (TPSA) is 127 Å². The van der Waals surface area contributed by atoms with Gasteiger partial charge in [-0.15, -0.1) is 0 Å². The second kappa shape index (κ2) is 10.4. The first-order valence-electron chi connectivity index (χ1n) is 12.0. The minimum absolute atomic E-state index is 0.147. The fraction of sp³-hybridized carbons (Fsp3) is 0.520. The van der Waals surface area contributed by atoms with Gasteiger partial charge in [0.25, 0.3) is 5.91 Å². The first-order valence-corrected chi connectivity index (χ1v) is 12.0. The monoisotopic (exact) mass is 485 g/mol. The van der Waals surface area contributed by atoms with Crippen LogP contribution < -0.4 is 16.0 Å². The zero-order chi connectivity index (χ0) is 25.0. The van der Waals surface area contributed by atoms with Crippen molar-refractivity contribution in [3.05, 3.63) is 36.0 Å². The summed E-state index contributed by atoms with van der Waals surface area (Å²) in [6, 6.07) is 9.16. The van der Waals surface area contributed by atoms with Gasteiger partial charge in [-0.2, -0.15) is 5.26 Å². The Morgan fingerprint density at radius 1 is 1.14 bits per heavy atom. The molecule has 2 heterocycles. The SMILES string of the molecule is N#C[C@H](CC1CCNC1=O)NC(=O)[C@H](CC1CCC(F)(F)CC1)NC(=O)c1cc2ccccc2[nH]1. The van der Waals surface area contributed by atoms with Crippen molar-refractivity contribution in [3.8, 4) is 6.07 Å². The Kier molecular flexibility index (Phi) is 7.34. The van der Waals surface area contributed by atoms with Gasteiger partial charge < -0.3 is 20.9 Å². The molecule has 8 nitrogen and oxygen atoms in total. The molecule has 3 atom stereocenters. The number of halogens is 2. The molecule has 1 aromatic heterocycles. The van der Waals surface area contributed by atoms with Gasteiger partial charge in [0.15, 0.2) is 0 Å². The number of para-hydroxylation sites is 1. The van der Waals surface area contributed by atoms with E-state index >= 15 is 0 Å². The van der Waals surface area contributed by atoms with Gasteiger partial charge in [-0.3, -0.25) is 14.4 Å². The standard InChI is InChI=1S/C25H29F2N5O3/c26-25(27)8-5-15(6-9-25)11-20(23(34)30-18(14-28)12-17-7-10-29-22(17)33)32-24(35)21-13-16-3-1-2-4-19(16)31-21/h1-4,13,15,17-18,20,31H,5-12H2,(H,29,33)(H,30,34)(H,32,35)/t17?,18-,20-/m0/s1. The van der Waals surface area contributed by atoms with E-state index in [4.69, 9.17) is 0 Å². The van der Waals surface area contributed by atoms with Crippen molar-refractivity contribution in [1.29, 1.82) is 5.26 Å². The highest BCUT2D eigenvalue weighted by Crippen LogP contribution is 2.38. The smallest absolute Gasteiger partial charge is 0.268 e. The molecule has 4 N–H and O–H groups in total. The number of aromatic nitrogens is 1. The number of hydrogen-bond acceptors (Lipinski definition) is 4. The molecule has 1 saturated carbocycles. The lowest BCUT2D eigenvalue weighted by molar-refractivity contribution is -0.125. The molecule has 1 aliphatic carbocycles. The maximum Gasteiger partial charge on any atom is 0.268 e. The van der Waals surface area contributed by atoms with Gasteiger partial charge in [-0.25, -0.2) is 8.78 Å². The number of carbonyl (C=O) groups is 3. The van der Waals surface area contributed by atoms with Gasteiger partial charge in [0.2, 0.25) is 17.7 Å². The minimum atomic E-state index is -2.70. The van der Waals surface area contributed by atoms with E-state index in [0.29, 0.717) is 13.0 Å². The van der Waals surface area contributed by atoms with Crippen molar-refractivity contribution in [2.24, 2.45) is 11.8 Å². The lowest BCUT2D eigenvalue weighted by Gasteiger charge is -2.31. The molecule has 2 fully saturated rings. The molecular formula is C25H29F2N5O3. The van der Waals surface area contributed by atoms with Crippen LogP contribution in [-0.4, -0.2) is 47.3 Å². The highest BCUT2D eigenvalue weighted by atomic mass is 19.3. The zero-order valence-corrected chi connectivity index (χ0v) is 19.3. The van der Waals surface area contributed by atoms with E-state index in [2.05, 4.69) is 20.9 Å². The second-order valence-corrected chi connectivity index (χ2v) is 9.53. The fourth-order valence-electron chi connectivity index (χ4n) is 4.90. The molecule has 4 rings (SSSR count). The first kappa shape index (κ1) is 24.6. The molecule has 1 aromatic carbocycles. The number of nitrogens with zero attached hydrogens (tertiary/aromatic N) is 1. The third kappa shape index (κ3) is 6.15. The lowest BCUT2D eigenvalue weighted by atomic mass is 9.82. The number of amides is 3. The van der Waals surface area contributed by atoms with Crippen LogP contribution in [0.2, 0.25) is 0 Å². The number of H-pyrrole nitrogens is 1. The molecule has 1 unspecified atom stereocenters. The lowest BCUT2D eigenvalue weighted by Crippen LogP contribution is -2.51. The van der Waals surface area contributed by atoms with E-state index in [0.717, 1.165) is 10.9 Å². The fourth-order valence-corrected chi connectivity index (χ4v) is 4.90. The summed E-state index contributed by atoms with van der Waals surface area (Å²) < 4.78 is 27.3. The molecule has 2 aliphatic rings. The van der Waals surface area contributed by atoms with E-state index in [1.165, 1.54) is 0 Å². The highest BCUT2D eigenvalue weighted by Gasteiger charge is 2.37. The van der Waals surface area contributed by atoms with Gasteiger partial charge in [0.05, 0.1) is 6.07 Å². The molecular weight excluding hydrogens is 456 g/mol. The predicted molar refractivity (Wildman–Crippen MR) is 124 cm³/mol. The normalized spacial score (nSPS) is 21.6. The maximum absolute atomic E-state index is 13.6. The molecule has 1 aliphatic heterocycles. The molecule has 10 heteroatoms. The van der Waals surface area contributed by atoms with Gasteiger partial charge >= 0.3 is 0 Å². The molecule has 35 heavy (non-hydrogen) atoms. The third-order valence-corrected chi connectivity index (χ3v) is 6.96. The van der Waals surface area contributed by atoms with Crippen LogP contribution in [0.3, 0.4) is 0 Å². The van der Waals surface area contributed by atoms with Crippen LogP contribution in [0, 0.1) is 23.2 Å². The van der Waals surface area contributed by atoms with Crippen LogP contribution in [0.4, 0.5) is 8.78 Å². The van der Waals surface area contributed by atoms with E-state index in [9.17, 15) is 28.4 Å². The Morgan fingerprint density at radius 3 is 2.54 bits per heavy atom. The van der Waals surface area contributed by atoms with E-state index in [-0.39, 0.29) is 62.0 Å². The number of carbonyl (C=O) groups excluding carboxylic acids is 3. The van der Waals surface area contributed by atoms with Crippen LogP contribution >= 0.6 is 0 Å².